The molecule has 0 spiro atoms. The molecule has 2 unspecified atom stereocenters. The van der Waals surface area contributed by atoms with Crippen LogP contribution in [-0.4, -0.2) is 18.0 Å². The van der Waals surface area contributed by atoms with Gasteiger partial charge in [0.1, 0.15) is 0 Å². The molecule has 1 fully saturated rings. The van der Waals surface area contributed by atoms with E-state index in [9.17, 15) is 4.79 Å². The van der Waals surface area contributed by atoms with Gasteiger partial charge in [-0.25, -0.2) is 0 Å². The van der Waals surface area contributed by atoms with Crippen LogP contribution in [0.25, 0.3) is 0 Å². The van der Waals surface area contributed by atoms with Gasteiger partial charge in [-0.3, -0.25) is 4.79 Å². The van der Waals surface area contributed by atoms with Gasteiger partial charge in [0.25, 0.3) is 0 Å². The van der Waals surface area contributed by atoms with Crippen molar-refractivity contribution in [2.24, 2.45) is 0 Å². The number of carbonyl (C=O) groups excluding carboxylic acids is 1. The molecule has 0 bridgehead atoms. The van der Waals surface area contributed by atoms with E-state index in [0.717, 1.165) is 24.9 Å². The molecule has 5 heteroatoms. The first-order valence-corrected chi connectivity index (χ1v) is 7.19. The maximum absolute atomic E-state index is 12.3. The Kier molecular flexibility index (Phi) is 4.39. The highest BCUT2D eigenvalue weighted by Gasteiger charge is 2.36. The third kappa shape index (κ3) is 3.22. The van der Waals surface area contributed by atoms with Crippen LogP contribution in [0.2, 0.25) is 10.0 Å². The summed E-state index contributed by atoms with van der Waals surface area (Å²) in [6, 6.07) is 5.17. The van der Waals surface area contributed by atoms with Gasteiger partial charge in [0.05, 0.1) is 11.6 Å². The lowest BCUT2D eigenvalue weighted by molar-refractivity contribution is -0.127. The largest absolute Gasteiger partial charge is 0.348 e. The van der Waals surface area contributed by atoms with E-state index in [4.69, 9.17) is 23.2 Å². The Morgan fingerprint density at radius 3 is 2.79 bits per heavy atom. The smallest absolute Gasteiger partial charge is 0.240 e. The molecule has 104 valence electrons. The monoisotopic (exact) mass is 300 g/mol. The van der Waals surface area contributed by atoms with E-state index >= 15 is 0 Å². The third-order valence-electron chi connectivity index (χ3n) is 3.65. The van der Waals surface area contributed by atoms with Gasteiger partial charge in [-0.05, 0) is 50.9 Å². The van der Waals surface area contributed by atoms with Crippen LogP contribution in [0.1, 0.15) is 38.3 Å². The molecular formula is C14H18Cl2N2O. The molecule has 1 saturated heterocycles. The summed E-state index contributed by atoms with van der Waals surface area (Å²) < 4.78 is 0. The van der Waals surface area contributed by atoms with Crippen molar-refractivity contribution in [3.8, 4) is 0 Å². The van der Waals surface area contributed by atoms with Gasteiger partial charge in [-0.15, -0.1) is 0 Å². The highest BCUT2D eigenvalue weighted by molar-refractivity contribution is 6.35. The van der Waals surface area contributed by atoms with Crippen LogP contribution < -0.4 is 10.6 Å². The molecule has 1 aromatic rings. The number of hydrogen-bond acceptors (Lipinski definition) is 2. The van der Waals surface area contributed by atoms with E-state index in [1.165, 1.54) is 0 Å². The predicted octanol–water partition coefficient (Wildman–Crippen LogP) is 3.31. The predicted molar refractivity (Wildman–Crippen MR) is 78.7 cm³/mol. The number of carbonyl (C=O) groups is 1. The Bertz CT molecular complexity index is 484. The zero-order chi connectivity index (χ0) is 14.0. The molecular weight excluding hydrogens is 283 g/mol. The average Bonchev–Trinajstić information content (AvgIpc) is 2.77. The Labute approximate surface area is 123 Å². The van der Waals surface area contributed by atoms with Crippen molar-refractivity contribution in [3.63, 3.8) is 0 Å². The Morgan fingerprint density at radius 1 is 1.47 bits per heavy atom. The average molecular weight is 301 g/mol. The fourth-order valence-corrected chi connectivity index (χ4v) is 2.95. The van der Waals surface area contributed by atoms with Crippen molar-refractivity contribution in [3.05, 3.63) is 33.8 Å². The third-order valence-corrected chi connectivity index (χ3v) is 4.21. The van der Waals surface area contributed by atoms with E-state index in [1.54, 1.807) is 12.1 Å². The van der Waals surface area contributed by atoms with E-state index in [2.05, 4.69) is 10.6 Å². The zero-order valence-corrected chi connectivity index (χ0v) is 12.6. The summed E-state index contributed by atoms with van der Waals surface area (Å²) in [5, 5.41) is 7.43. The minimum atomic E-state index is -0.465. The van der Waals surface area contributed by atoms with Crippen LogP contribution in [0.4, 0.5) is 0 Å². The second-order valence-electron chi connectivity index (χ2n) is 5.22. The van der Waals surface area contributed by atoms with Crippen molar-refractivity contribution in [1.82, 2.24) is 10.6 Å². The fourth-order valence-electron chi connectivity index (χ4n) is 2.37. The molecule has 1 heterocycles. The lowest BCUT2D eigenvalue weighted by atomic mass is 9.98. The van der Waals surface area contributed by atoms with E-state index in [1.807, 2.05) is 19.9 Å². The normalized spacial score (nSPS) is 24.2. The minimum absolute atomic E-state index is 0.0171. The minimum Gasteiger partial charge on any atom is -0.348 e. The number of nitrogens with one attached hydrogen (secondary N) is 2. The SMILES string of the molecule is CC(NC(=O)C1(C)CCCN1)c1ccc(Cl)cc1Cl. The van der Waals surface area contributed by atoms with Gasteiger partial charge in [-0.1, -0.05) is 29.3 Å². The van der Waals surface area contributed by atoms with Crippen molar-refractivity contribution in [1.29, 1.82) is 0 Å². The van der Waals surface area contributed by atoms with Gasteiger partial charge < -0.3 is 10.6 Å². The maximum Gasteiger partial charge on any atom is 0.240 e. The van der Waals surface area contributed by atoms with Crippen LogP contribution >= 0.6 is 23.2 Å². The lowest BCUT2D eigenvalue weighted by Gasteiger charge is -2.26. The molecule has 0 saturated carbocycles. The molecule has 2 atom stereocenters. The standard InChI is InChI=1S/C14H18Cl2N2O/c1-9(11-5-4-10(15)8-12(11)16)18-13(19)14(2)6-3-7-17-14/h4-5,8-9,17H,3,6-7H2,1-2H3,(H,18,19). The van der Waals surface area contributed by atoms with Crippen molar-refractivity contribution < 1.29 is 4.79 Å². The van der Waals surface area contributed by atoms with Crippen molar-refractivity contribution >= 4 is 29.1 Å². The Morgan fingerprint density at radius 2 is 2.21 bits per heavy atom. The molecule has 0 radical (unpaired) electrons. The van der Waals surface area contributed by atoms with Crippen LogP contribution in [0.5, 0.6) is 0 Å². The number of halogens is 2. The molecule has 3 nitrogen and oxygen atoms in total. The fraction of sp³-hybridized carbons (Fsp3) is 0.500. The van der Waals surface area contributed by atoms with Crippen LogP contribution in [-0.2, 0) is 4.79 Å². The summed E-state index contributed by atoms with van der Waals surface area (Å²) in [4.78, 5) is 12.3. The topological polar surface area (TPSA) is 41.1 Å². The van der Waals surface area contributed by atoms with Gasteiger partial charge in [0.15, 0.2) is 0 Å². The van der Waals surface area contributed by atoms with Crippen molar-refractivity contribution in [2.45, 2.75) is 38.3 Å². The molecule has 2 rings (SSSR count). The Balaban J connectivity index is 2.08. The van der Waals surface area contributed by atoms with Gasteiger partial charge in [0, 0.05) is 10.0 Å². The summed E-state index contributed by atoms with van der Waals surface area (Å²) in [6.45, 7) is 4.75. The second kappa shape index (κ2) is 5.70. The first kappa shape index (κ1) is 14.6. The van der Waals surface area contributed by atoms with E-state index < -0.39 is 5.54 Å². The summed E-state index contributed by atoms with van der Waals surface area (Å²) in [7, 11) is 0. The van der Waals surface area contributed by atoms with Crippen LogP contribution in [0.15, 0.2) is 18.2 Å². The van der Waals surface area contributed by atoms with Gasteiger partial charge in [-0.2, -0.15) is 0 Å². The maximum atomic E-state index is 12.3. The number of hydrogen-bond donors (Lipinski definition) is 2. The highest BCUT2D eigenvalue weighted by Crippen LogP contribution is 2.27. The molecule has 0 aliphatic carbocycles. The molecule has 1 aliphatic rings. The first-order valence-electron chi connectivity index (χ1n) is 6.43. The quantitative estimate of drug-likeness (QED) is 0.899. The summed E-state index contributed by atoms with van der Waals surface area (Å²) in [5.41, 5.74) is 0.411. The summed E-state index contributed by atoms with van der Waals surface area (Å²) >= 11 is 12.0. The molecule has 0 aromatic heterocycles. The number of amides is 1. The zero-order valence-electron chi connectivity index (χ0n) is 11.1. The first-order chi connectivity index (χ1) is 8.92. The van der Waals surface area contributed by atoms with Crippen molar-refractivity contribution in [2.75, 3.05) is 6.54 Å². The molecule has 2 N–H and O–H groups in total. The molecule has 1 aromatic carbocycles. The Hall–Kier alpha value is -0.770. The molecule has 19 heavy (non-hydrogen) atoms. The summed E-state index contributed by atoms with van der Waals surface area (Å²) in [6.07, 6.45) is 1.89. The lowest BCUT2D eigenvalue weighted by Crippen LogP contribution is -2.51. The molecule has 1 aliphatic heterocycles. The highest BCUT2D eigenvalue weighted by atomic mass is 35.5. The second-order valence-corrected chi connectivity index (χ2v) is 6.07. The molecule has 1 amide bonds. The number of benzene rings is 1. The van der Waals surface area contributed by atoms with E-state index in [0.29, 0.717) is 10.0 Å². The van der Waals surface area contributed by atoms with Crippen LogP contribution in [0, 0.1) is 0 Å². The van der Waals surface area contributed by atoms with Crippen LogP contribution in [0.3, 0.4) is 0 Å². The van der Waals surface area contributed by atoms with Gasteiger partial charge in [0.2, 0.25) is 5.91 Å². The number of rotatable bonds is 3. The summed E-state index contributed by atoms with van der Waals surface area (Å²) in [5.74, 6) is 0.0171. The van der Waals surface area contributed by atoms with Gasteiger partial charge >= 0.3 is 0 Å². The van der Waals surface area contributed by atoms with E-state index in [-0.39, 0.29) is 11.9 Å².